The maximum Gasteiger partial charge on any atom is 0.241 e. The number of primary sulfonamides is 1. The highest BCUT2D eigenvalue weighted by Gasteiger charge is 2.21. The summed E-state index contributed by atoms with van der Waals surface area (Å²) in [6, 6.07) is 7.26. The van der Waals surface area contributed by atoms with Gasteiger partial charge in [-0.2, -0.15) is 5.10 Å². The molecule has 1 heterocycles. The Balaban J connectivity index is 2.49. The minimum absolute atomic E-state index is 0.0754. The summed E-state index contributed by atoms with van der Waals surface area (Å²) < 4.78 is 30.1. The smallest absolute Gasteiger partial charge is 0.241 e. The Morgan fingerprint density at radius 2 is 1.85 bits per heavy atom. The van der Waals surface area contributed by atoms with E-state index in [-0.39, 0.29) is 4.90 Å². The number of ether oxygens (including phenoxy) is 1. The molecule has 0 saturated carbocycles. The third-order valence-corrected chi connectivity index (χ3v) is 4.06. The minimum atomic E-state index is -3.78. The van der Waals surface area contributed by atoms with Crippen molar-refractivity contribution < 1.29 is 13.2 Å². The number of hydrogen-bond donors (Lipinski definition) is 1. The second-order valence-corrected chi connectivity index (χ2v) is 5.88. The molecule has 6 nitrogen and oxygen atoms in total. The molecule has 0 radical (unpaired) electrons. The van der Waals surface area contributed by atoms with Crippen LogP contribution in [-0.4, -0.2) is 24.8 Å². The van der Waals surface area contributed by atoms with Gasteiger partial charge in [-0.1, -0.05) is 0 Å². The average molecular weight is 295 g/mol. The van der Waals surface area contributed by atoms with Gasteiger partial charge in [-0.25, -0.2) is 18.2 Å². The molecule has 0 saturated heterocycles. The Labute approximate surface area is 118 Å². The summed E-state index contributed by atoms with van der Waals surface area (Å²) in [7, 11) is -3.78. The third kappa shape index (κ3) is 2.68. The van der Waals surface area contributed by atoms with E-state index in [0.717, 1.165) is 11.4 Å². The van der Waals surface area contributed by atoms with E-state index < -0.39 is 10.0 Å². The van der Waals surface area contributed by atoms with Gasteiger partial charge in [0.15, 0.2) is 0 Å². The van der Waals surface area contributed by atoms with E-state index in [1.807, 2.05) is 31.2 Å². The molecule has 2 rings (SSSR count). The van der Waals surface area contributed by atoms with E-state index in [9.17, 15) is 8.42 Å². The summed E-state index contributed by atoms with van der Waals surface area (Å²) in [5.74, 6) is 0.754. The minimum Gasteiger partial charge on any atom is -0.494 e. The molecule has 2 aromatic rings. The van der Waals surface area contributed by atoms with Gasteiger partial charge in [0, 0.05) is 0 Å². The van der Waals surface area contributed by atoms with Crippen molar-refractivity contribution in [2.45, 2.75) is 25.7 Å². The molecule has 1 aromatic heterocycles. The Kier molecular flexibility index (Phi) is 3.82. The first kappa shape index (κ1) is 14.5. The Bertz CT molecular complexity index is 718. The lowest BCUT2D eigenvalue weighted by atomic mass is 10.3. The quantitative estimate of drug-likeness (QED) is 0.926. The molecule has 0 fully saturated rings. The van der Waals surface area contributed by atoms with Crippen LogP contribution in [0.2, 0.25) is 0 Å². The van der Waals surface area contributed by atoms with Crippen molar-refractivity contribution in [3.05, 3.63) is 35.7 Å². The van der Waals surface area contributed by atoms with Crippen LogP contribution in [0.4, 0.5) is 0 Å². The van der Waals surface area contributed by atoms with Gasteiger partial charge in [0.1, 0.15) is 10.6 Å². The Morgan fingerprint density at radius 3 is 2.30 bits per heavy atom. The van der Waals surface area contributed by atoms with Gasteiger partial charge in [0.2, 0.25) is 10.0 Å². The van der Waals surface area contributed by atoms with E-state index in [0.29, 0.717) is 18.0 Å². The van der Waals surface area contributed by atoms with Crippen LogP contribution in [-0.2, 0) is 10.0 Å². The molecule has 20 heavy (non-hydrogen) atoms. The first-order valence-corrected chi connectivity index (χ1v) is 7.71. The normalized spacial score (nSPS) is 11.6. The molecule has 0 unspecified atom stereocenters. The SMILES string of the molecule is CCOc1ccc(-n2nc(C)c(S(N)(=O)=O)c2C)cc1. The van der Waals surface area contributed by atoms with Crippen molar-refractivity contribution in [1.29, 1.82) is 0 Å². The van der Waals surface area contributed by atoms with Crippen molar-refractivity contribution in [3.8, 4) is 11.4 Å². The summed E-state index contributed by atoms with van der Waals surface area (Å²) in [6.45, 7) is 5.80. The monoisotopic (exact) mass is 295 g/mol. The highest BCUT2D eigenvalue weighted by molar-refractivity contribution is 7.89. The van der Waals surface area contributed by atoms with E-state index in [1.54, 1.807) is 18.5 Å². The van der Waals surface area contributed by atoms with E-state index in [1.165, 1.54) is 0 Å². The molecular formula is C13H17N3O3S. The fraction of sp³-hybridized carbons (Fsp3) is 0.308. The molecule has 0 bridgehead atoms. The van der Waals surface area contributed by atoms with Gasteiger partial charge in [0.25, 0.3) is 0 Å². The maximum absolute atomic E-state index is 11.6. The number of hydrogen-bond acceptors (Lipinski definition) is 4. The predicted octanol–water partition coefficient (Wildman–Crippen LogP) is 1.54. The number of aryl methyl sites for hydroxylation is 1. The molecule has 0 atom stereocenters. The van der Waals surface area contributed by atoms with Gasteiger partial charge in [0.05, 0.1) is 23.7 Å². The van der Waals surface area contributed by atoms with Crippen LogP contribution in [0.25, 0.3) is 5.69 Å². The van der Waals surface area contributed by atoms with Crippen molar-refractivity contribution in [1.82, 2.24) is 9.78 Å². The molecule has 0 aliphatic carbocycles. The van der Waals surface area contributed by atoms with Gasteiger partial charge < -0.3 is 4.74 Å². The zero-order valence-corrected chi connectivity index (χ0v) is 12.4. The van der Waals surface area contributed by atoms with Crippen LogP contribution in [0.3, 0.4) is 0 Å². The first-order valence-electron chi connectivity index (χ1n) is 6.17. The highest BCUT2D eigenvalue weighted by Crippen LogP contribution is 2.22. The number of benzene rings is 1. The second kappa shape index (κ2) is 5.26. The number of sulfonamides is 1. The number of rotatable bonds is 4. The summed E-state index contributed by atoms with van der Waals surface area (Å²) in [5, 5.41) is 9.45. The Morgan fingerprint density at radius 1 is 1.25 bits per heavy atom. The van der Waals surface area contributed by atoms with Gasteiger partial charge in [-0.15, -0.1) is 0 Å². The molecule has 0 amide bonds. The van der Waals surface area contributed by atoms with Crippen molar-refractivity contribution in [2.75, 3.05) is 6.61 Å². The van der Waals surface area contributed by atoms with Crippen molar-refractivity contribution in [2.24, 2.45) is 5.14 Å². The fourth-order valence-electron chi connectivity index (χ4n) is 2.14. The molecular weight excluding hydrogens is 278 g/mol. The van der Waals surface area contributed by atoms with E-state index in [4.69, 9.17) is 9.88 Å². The summed E-state index contributed by atoms with van der Waals surface area (Å²) in [5.41, 5.74) is 1.64. The van der Waals surface area contributed by atoms with Crippen molar-refractivity contribution in [3.63, 3.8) is 0 Å². The zero-order valence-electron chi connectivity index (χ0n) is 11.6. The molecule has 0 aliphatic rings. The lowest BCUT2D eigenvalue weighted by Crippen LogP contribution is -2.14. The van der Waals surface area contributed by atoms with Crippen LogP contribution >= 0.6 is 0 Å². The lowest BCUT2D eigenvalue weighted by molar-refractivity contribution is 0.340. The van der Waals surface area contributed by atoms with Gasteiger partial charge in [-0.3, -0.25) is 0 Å². The molecule has 108 valence electrons. The topological polar surface area (TPSA) is 87.2 Å². The molecule has 0 spiro atoms. The van der Waals surface area contributed by atoms with Crippen LogP contribution in [0.5, 0.6) is 5.75 Å². The maximum atomic E-state index is 11.6. The van der Waals surface area contributed by atoms with Crippen LogP contribution < -0.4 is 9.88 Å². The van der Waals surface area contributed by atoms with Gasteiger partial charge >= 0.3 is 0 Å². The van der Waals surface area contributed by atoms with Crippen LogP contribution in [0.1, 0.15) is 18.3 Å². The molecule has 1 aromatic carbocycles. The summed E-state index contributed by atoms with van der Waals surface area (Å²) in [6.07, 6.45) is 0. The molecule has 7 heteroatoms. The third-order valence-electron chi connectivity index (χ3n) is 2.90. The number of nitrogens with two attached hydrogens (primary N) is 1. The zero-order chi connectivity index (χ0) is 14.9. The van der Waals surface area contributed by atoms with Crippen LogP contribution in [0, 0.1) is 13.8 Å². The first-order chi connectivity index (χ1) is 9.34. The largest absolute Gasteiger partial charge is 0.494 e. The molecule has 2 N–H and O–H groups in total. The van der Waals surface area contributed by atoms with E-state index in [2.05, 4.69) is 5.10 Å². The fourth-order valence-corrected chi connectivity index (χ4v) is 3.09. The van der Waals surface area contributed by atoms with Crippen molar-refractivity contribution >= 4 is 10.0 Å². The lowest BCUT2D eigenvalue weighted by Gasteiger charge is -2.07. The average Bonchev–Trinajstić information content (AvgIpc) is 2.65. The number of nitrogens with zero attached hydrogens (tertiary/aromatic N) is 2. The second-order valence-electron chi connectivity index (χ2n) is 4.38. The predicted molar refractivity (Wildman–Crippen MR) is 75.6 cm³/mol. The van der Waals surface area contributed by atoms with E-state index >= 15 is 0 Å². The van der Waals surface area contributed by atoms with Crippen LogP contribution in [0.15, 0.2) is 29.2 Å². The standard InChI is InChI=1S/C13H17N3O3S/c1-4-19-12-7-5-11(6-8-12)16-10(3)13(9(2)15-16)20(14,17)18/h5-8H,4H2,1-3H3,(H2,14,17,18). The summed E-state index contributed by atoms with van der Waals surface area (Å²) in [4.78, 5) is 0.0754. The number of aromatic nitrogens is 2. The molecule has 0 aliphatic heterocycles. The summed E-state index contributed by atoms with van der Waals surface area (Å²) >= 11 is 0. The highest BCUT2D eigenvalue weighted by atomic mass is 32.2. The Hall–Kier alpha value is -1.86. The van der Waals surface area contributed by atoms with Gasteiger partial charge in [-0.05, 0) is 45.0 Å².